The zero-order valence-corrected chi connectivity index (χ0v) is 11.3. The smallest absolute Gasteiger partial charge is 0.185 e. The van der Waals surface area contributed by atoms with Crippen molar-refractivity contribution in [3.63, 3.8) is 0 Å². The van der Waals surface area contributed by atoms with Gasteiger partial charge in [0.15, 0.2) is 5.12 Å². The van der Waals surface area contributed by atoms with E-state index in [1.54, 1.807) is 0 Å². The van der Waals surface area contributed by atoms with E-state index in [0.717, 1.165) is 11.8 Å². The molecule has 1 aromatic rings. The van der Waals surface area contributed by atoms with Crippen molar-refractivity contribution in [2.24, 2.45) is 0 Å². The second kappa shape index (κ2) is 6.56. The fraction of sp³-hybridized carbons (Fsp3) is 0.400. The molecule has 0 amide bonds. The number of carbonyl (C=O) groups is 1. The Labute approximate surface area is 113 Å². The van der Waals surface area contributed by atoms with Gasteiger partial charge in [-0.2, -0.15) is 0 Å². The standard InChI is InChI=1S/C10H11Cl2NO3S/c1-5(14)17-4-8(15)9(16)7-2-6(11)3-13-10(7)12/h2-3,8-9,15-16H,4H2,1H3. The third kappa shape index (κ3) is 4.44. The van der Waals surface area contributed by atoms with E-state index >= 15 is 0 Å². The zero-order valence-electron chi connectivity index (χ0n) is 8.93. The number of aliphatic hydroxyl groups is 2. The Kier molecular flexibility index (Phi) is 5.69. The first kappa shape index (κ1) is 14.7. The monoisotopic (exact) mass is 295 g/mol. The lowest BCUT2D eigenvalue weighted by molar-refractivity contribution is -0.109. The fourth-order valence-electron chi connectivity index (χ4n) is 1.15. The van der Waals surface area contributed by atoms with Crippen molar-refractivity contribution in [2.45, 2.75) is 19.1 Å². The highest BCUT2D eigenvalue weighted by Gasteiger charge is 2.22. The van der Waals surface area contributed by atoms with Crippen LogP contribution in [-0.2, 0) is 4.79 Å². The van der Waals surface area contributed by atoms with E-state index in [0.29, 0.717) is 5.02 Å². The number of halogens is 2. The summed E-state index contributed by atoms with van der Waals surface area (Å²) in [5.74, 6) is 0.0827. The molecule has 0 fully saturated rings. The Morgan fingerprint density at radius 3 is 2.76 bits per heavy atom. The van der Waals surface area contributed by atoms with Crippen LogP contribution >= 0.6 is 35.0 Å². The SMILES string of the molecule is CC(=O)SCC(O)C(O)c1cc(Cl)cnc1Cl. The van der Waals surface area contributed by atoms with Gasteiger partial charge >= 0.3 is 0 Å². The lowest BCUT2D eigenvalue weighted by Crippen LogP contribution is -2.22. The first-order valence-electron chi connectivity index (χ1n) is 4.72. The van der Waals surface area contributed by atoms with E-state index < -0.39 is 12.2 Å². The molecule has 7 heteroatoms. The minimum Gasteiger partial charge on any atom is -0.389 e. The molecule has 0 aromatic carbocycles. The van der Waals surface area contributed by atoms with Gasteiger partial charge in [0.25, 0.3) is 0 Å². The van der Waals surface area contributed by atoms with Gasteiger partial charge in [-0.15, -0.1) is 0 Å². The maximum absolute atomic E-state index is 10.7. The van der Waals surface area contributed by atoms with Crippen molar-refractivity contribution in [1.82, 2.24) is 4.98 Å². The van der Waals surface area contributed by atoms with Crippen molar-refractivity contribution in [3.8, 4) is 0 Å². The van der Waals surface area contributed by atoms with Crippen LogP contribution in [0.2, 0.25) is 10.2 Å². The number of hydrogen-bond donors (Lipinski definition) is 2. The minimum absolute atomic E-state index is 0.0776. The lowest BCUT2D eigenvalue weighted by Gasteiger charge is -2.18. The summed E-state index contributed by atoms with van der Waals surface area (Å²) < 4.78 is 0. The Hall–Kier alpha value is -0.330. The Morgan fingerprint density at radius 2 is 2.18 bits per heavy atom. The van der Waals surface area contributed by atoms with Gasteiger partial charge in [-0.05, 0) is 6.07 Å². The molecule has 2 N–H and O–H groups in total. The number of thioether (sulfide) groups is 1. The van der Waals surface area contributed by atoms with Gasteiger partial charge in [-0.3, -0.25) is 4.79 Å². The molecule has 0 radical (unpaired) electrons. The molecule has 0 aliphatic carbocycles. The number of hydrogen-bond acceptors (Lipinski definition) is 5. The van der Waals surface area contributed by atoms with E-state index in [-0.39, 0.29) is 21.6 Å². The summed E-state index contributed by atoms with van der Waals surface area (Å²) in [5, 5.41) is 19.8. The molecule has 0 aliphatic heterocycles. The summed E-state index contributed by atoms with van der Waals surface area (Å²) >= 11 is 12.4. The van der Waals surface area contributed by atoms with Crippen LogP contribution in [0.4, 0.5) is 0 Å². The Morgan fingerprint density at radius 1 is 1.53 bits per heavy atom. The molecule has 0 saturated heterocycles. The first-order chi connectivity index (χ1) is 7.91. The second-order valence-corrected chi connectivity index (χ2v) is 5.34. The van der Waals surface area contributed by atoms with Gasteiger partial charge in [-0.25, -0.2) is 4.98 Å². The molecule has 94 valence electrons. The number of nitrogens with zero attached hydrogens (tertiary/aromatic N) is 1. The molecule has 0 aliphatic rings. The number of rotatable bonds is 4. The van der Waals surface area contributed by atoms with E-state index in [2.05, 4.69) is 4.98 Å². The third-order valence-electron chi connectivity index (χ3n) is 1.97. The molecule has 1 heterocycles. The summed E-state index contributed by atoms with van der Waals surface area (Å²) in [4.78, 5) is 14.5. The number of carbonyl (C=O) groups excluding carboxylic acids is 1. The van der Waals surface area contributed by atoms with Gasteiger partial charge in [0.1, 0.15) is 11.3 Å². The van der Waals surface area contributed by atoms with Gasteiger partial charge in [0, 0.05) is 24.4 Å². The largest absolute Gasteiger partial charge is 0.389 e. The molecule has 0 saturated carbocycles. The molecule has 2 unspecified atom stereocenters. The molecule has 17 heavy (non-hydrogen) atoms. The number of pyridine rings is 1. The van der Waals surface area contributed by atoms with Gasteiger partial charge in [-0.1, -0.05) is 35.0 Å². The van der Waals surface area contributed by atoms with E-state index in [9.17, 15) is 15.0 Å². The molecule has 1 rings (SSSR count). The fourth-order valence-corrected chi connectivity index (χ4v) is 2.12. The minimum atomic E-state index is -1.22. The summed E-state index contributed by atoms with van der Waals surface area (Å²) in [6.07, 6.45) is -0.987. The molecule has 0 spiro atoms. The molecular weight excluding hydrogens is 285 g/mol. The van der Waals surface area contributed by atoms with E-state index in [1.165, 1.54) is 19.2 Å². The van der Waals surface area contributed by atoms with Crippen molar-refractivity contribution in [2.75, 3.05) is 5.75 Å². The van der Waals surface area contributed by atoms with Crippen LogP contribution in [0.25, 0.3) is 0 Å². The predicted molar refractivity (Wildman–Crippen MR) is 68.4 cm³/mol. The van der Waals surface area contributed by atoms with E-state index in [4.69, 9.17) is 23.2 Å². The normalized spacial score (nSPS) is 14.4. The summed E-state index contributed by atoms with van der Waals surface area (Å²) in [7, 11) is 0. The van der Waals surface area contributed by atoms with Gasteiger partial charge < -0.3 is 10.2 Å². The van der Waals surface area contributed by atoms with Crippen molar-refractivity contribution in [3.05, 3.63) is 28.0 Å². The van der Waals surface area contributed by atoms with Gasteiger partial charge in [0.2, 0.25) is 0 Å². The van der Waals surface area contributed by atoms with Gasteiger partial charge in [0.05, 0.1) is 11.1 Å². The Bertz CT molecular complexity index is 417. The molecule has 2 atom stereocenters. The summed E-state index contributed by atoms with van der Waals surface area (Å²) in [5.41, 5.74) is 0.246. The van der Waals surface area contributed by atoms with Crippen LogP contribution in [0.1, 0.15) is 18.6 Å². The van der Waals surface area contributed by atoms with Crippen molar-refractivity contribution in [1.29, 1.82) is 0 Å². The van der Waals surface area contributed by atoms with Crippen LogP contribution in [0, 0.1) is 0 Å². The molecule has 4 nitrogen and oxygen atoms in total. The highest BCUT2D eigenvalue weighted by molar-refractivity contribution is 8.13. The second-order valence-electron chi connectivity index (χ2n) is 3.35. The van der Waals surface area contributed by atoms with Crippen molar-refractivity contribution < 1.29 is 15.0 Å². The average molecular weight is 296 g/mol. The molecule has 0 bridgehead atoms. The van der Waals surface area contributed by atoms with E-state index in [1.807, 2.05) is 0 Å². The average Bonchev–Trinajstić information content (AvgIpc) is 2.28. The lowest BCUT2D eigenvalue weighted by atomic mass is 10.1. The summed E-state index contributed by atoms with van der Waals surface area (Å²) in [6.45, 7) is 1.39. The summed E-state index contributed by atoms with van der Waals surface area (Å²) in [6, 6.07) is 1.43. The topological polar surface area (TPSA) is 70.4 Å². The van der Waals surface area contributed by atoms with Crippen LogP contribution in [-0.4, -0.2) is 32.2 Å². The van der Waals surface area contributed by atoms with Crippen molar-refractivity contribution >= 4 is 40.1 Å². The van der Waals surface area contributed by atoms with Crippen LogP contribution in [0.5, 0.6) is 0 Å². The molecule has 1 aromatic heterocycles. The van der Waals surface area contributed by atoms with Crippen LogP contribution < -0.4 is 0 Å². The highest BCUT2D eigenvalue weighted by Crippen LogP contribution is 2.27. The molecular formula is C10H11Cl2NO3S. The zero-order chi connectivity index (χ0) is 13.0. The quantitative estimate of drug-likeness (QED) is 0.832. The predicted octanol–water partition coefficient (Wildman–Crippen LogP) is 2.06. The van der Waals surface area contributed by atoms with Crippen LogP contribution in [0.15, 0.2) is 12.3 Å². The maximum atomic E-state index is 10.7. The maximum Gasteiger partial charge on any atom is 0.185 e. The first-order valence-corrected chi connectivity index (χ1v) is 6.46. The number of aliphatic hydroxyl groups excluding tert-OH is 2. The number of aromatic nitrogens is 1. The van der Waals surface area contributed by atoms with Crippen LogP contribution in [0.3, 0.4) is 0 Å². The third-order valence-corrected chi connectivity index (χ3v) is 3.41. The Balaban J connectivity index is 2.77. The highest BCUT2D eigenvalue weighted by atomic mass is 35.5.